The maximum Gasteiger partial charge on any atom is 0.306 e. The summed E-state index contributed by atoms with van der Waals surface area (Å²) in [5.41, 5.74) is 1.58. The van der Waals surface area contributed by atoms with Crippen LogP contribution in [-0.2, 0) is 37.3 Å². The fourth-order valence-corrected chi connectivity index (χ4v) is 4.79. The van der Waals surface area contributed by atoms with Crippen LogP contribution in [0.4, 0.5) is 0 Å². The molecule has 160 valence electrons. The number of nitrogens with zero attached hydrogens (tertiary/aromatic N) is 1. The van der Waals surface area contributed by atoms with Crippen molar-refractivity contribution in [3.63, 3.8) is 0 Å². The Morgan fingerprint density at radius 3 is 2.63 bits per heavy atom. The number of carbonyl (C=O) groups is 1. The molecule has 8 nitrogen and oxygen atoms in total. The summed E-state index contributed by atoms with van der Waals surface area (Å²) < 4.78 is 48.1. The molecule has 0 unspecified atom stereocenters. The van der Waals surface area contributed by atoms with Crippen molar-refractivity contribution in [2.75, 3.05) is 33.1 Å². The van der Waals surface area contributed by atoms with Crippen LogP contribution in [0.25, 0.3) is 0 Å². The fraction of sp³-hybridized carbons (Fsp3) is 0.381. The van der Waals surface area contributed by atoms with Crippen molar-refractivity contribution in [1.82, 2.24) is 4.31 Å². The average molecular weight is 433 g/mol. The Kier molecular flexibility index (Phi) is 6.21. The summed E-state index contributed by atoms with van der Waals surface area (Å²) in [5.74, 6) is 1.03. The zero-order chi connectivity index (χ0) is 21.0. The summed E-state index contributed by atoms with van der Waals surface area (Å²) in [7, 11) is -3.58. The number of rotatable bonds is 7. The molecule has 2 aliphatic rings. The standard InChI is InChI=1S/C21H23NO7S/c23-21(7-5-16-4-6-19-20(13-16)29-15-28-19)27-14-17-2-1-3-18(12-17)30(24,25)22-8-10-26-11-9-22/h1-4,6,12-13H,5,7-11,14-15H2. The number of aryl methyl sites for hydroxylation is 1. The van der Waals surface area contributed by atoms with Crippen molar-refractivity contribution in [3.8, 4) is 11.5 Å². The first-order valence-electron chi connectivity index (χ1n) is 9.73. The smallest absolute Gasteiger partial charge is 0.306 e. The van der Waals surface area contributed by atoms with E-state index in [1.165, 1.54) is 4.31 Å². The molecule has 9 heteroatoms. The first-order valence-corrected chi connectivity index (χ1v) is 11.2. The third-order valence-electron chi connectivity index (χ3n) is 4.96. The molecule has 2 aromatic rings. The Balaban J connectivity index is 1.31. The van der Waals surface area contributed by atoms with Crippen LogP contribution in [0.2, 0.25) is 0 Å². The molecule has 30 heavy (non-hydrogen) atoms. The summed E-state index contributed by atoms with van der Waals surface area (Å²) in [6.07, 6.45) is 0.729. The minimum atomic E-state index is -3.58. The summed E-state index contributed by atoms with van der Waals surface area (Å²) in [6.45, 7) is 1.68. The van der Waals surface area contributed by atoms with Gasteiger partial charge in [0.2, 0.25) is 16.8 Å². The predicted molar refractivity (Wildman–Crippen MR) is 107 cm³/mol. The lowest BCUT2D eigenvalue weighted by Crippen LogP contribution is -2.40. The zero-order valence-electron chi connectivity index (χ0n) is 16.4. The molecule has 0 aliphatic carbocycles. The Bertz CT molecular complexity index is 1020. The van der Waals surface area contributed by atoms with Gasteiger partial charge < -0.3 is 18.9 Å². The number of carbonyl (C=O) groups excluding carboxylic acids is 1. The van der Waals surface area contributed by atoms with E-state index in [4.69, 9.17) is 18.9 Å². The van der Waals surface area contributed by atoms with E-state index < -0.39 is 10.0 Å². The van der Waals surface area contributed by atoms with Gasteiger partial charge in [-0.1, -0.05) is 18.2 Å². The normalized spacial score (nSPS) is 16.4. The third-order valence-corrected chi connectivity index (χ3v) is 6.86. The van der Waals surface area contributed by atoms with Gasteiger partial charge >= 0.3 is 5.97 Å². The molecule has 2 heterocycles. The maximum atomic E-state index is 12.8. The van der Waals surface area contributed by atoms with Crippen molar-refractivity contribution < 1.29 is 32.2 Å². The van der Waals surface area contributed by atoms with Gasteiger partial charge in [-0.25, -0.2) is 8.42 Å². The number of hydrogen-bond donors (Lipinski definition) is 0. The quantitative estimate of drug-likeness (QED) is 0.618. The first kappa shape index (κ1) is 20.6. The SMILES string of the molecule is O=C(CCc1ccc2c(c1)OCO2)OCc1cccc(S(=O)(=O)N2CCOCC2)c1. The number of hydrogen-bond acceptors (Lipinski definition) is 7. The van der Waals surface area contributed by atoms with Crippen molar-refractivity contribution in [1.29, 1.82) is 0 Å². The monoisotopic (exact) mass is 433 g/mol. The Labute approximate surface area is 175 Å². The molecule has 0 radical (unpaired) electrons. The molecule has 0 spiro atoms. The van der Waals surface area contributed by atoms with E-state index in [0.29, 0.717) is 49.8 Å². The van der Waals surface area contributed by atoms with Crippen molar-refractivity contribution in [2.24, 2.45) is 0 Å². The molecular formula is C21H23NO7S. The lowest BCUT2D eigenvalue weighted by molar-refractivity contribution is -0.144. The van der Waals surface area contributed by atoms with Crippen LogP contribution < -0.4 is 9.47 Å². The molecule has 0 atom stereocenters. The van der Waals surface area contributed by atoms with E-state index in [-0.39, 0.29) is 30.7 Å². The first-order chi connectivity index (χ1) is 14.5. The summed E-state index contributed by atoms with van der Waals surface area (Å²) >= 11 is 0. The minimum Gasteiger partial charge on any atom is -0.461 e. The highest BCUT2D eigenvalue weighted by molar-refractivity contribution is 7.89. The van der Waals surface area contributed by atoms with Crippen LogP contribution in [0.3, 0.4) is 0 Å². The van der Waals surface area contributed by atoms with E-state index in [2.05, 4.69) is 0 Å². The van der Waals surface area contributed by atoms with E-state index in [9.17, 15) is 13.2 Å². The van der Waals surface area contributed by atoms with E-state index >= 15 is 0 Å². The van der Waals surface area contributed by atoms with Gasteiger partial charge in [0.25, 0.3) is 0 Å². The molecule has 0 saturated carbocycles. The Hall–Kier alpha value is -2.62. The lowest BCUT2D eigenvalue weighted by atomic mass is 10.1. The van der Waals surface area contributed by atoms with Gasteiger partial charge in [0.15, 0.2) is 11.5 Å². The molecule has 0 amide bonds. The third kappa shape index (κ3) is 4.75. The zero-order valence-corrected chi connectivity index (χ0v) is 17.2. The summed E-state index contributed by atoms with van der Waals surface area (Å²) in [5, 5.41) is 0. The highest BCUT2D eigenvalue weighted by Gasteiger charge is 2.26. The van der Waals surface area contributed by atoms with Crippen molar-refractivity contribution in [3.05, 3.63) is 53.6 Å². The van der Waals surface area contributed by atoms with Crippen LogP contribution in [0.5, 0.6) is 11.5 Å². The van der Waals surface area contributed by atoms with Crippen LogP contribution in [0, 0.1) is 0 Å². The van der Waals surface area contributed by atoms with E-state index in [1.54, 1.807) is 24.3 Å². The molecule has 0 N–H and O–H groups in total. The van der Waals surface area contributed by atoms with E-state index in [0.717, 1.165) is 5.56 Å². The fourth-order valence-electron chi connectivity index (χ4n) is 3.31. The lowest BCUT2D eigenvalue weighted by Gasteiger charge is -2.26. The van der Waals surface area contributed by atoms with Gasteiger partial charge in [-0.15, -0.1) is 0 Å². The molecular weight excluding hydrogens is 410 g/mol. The van der Waals surface area contributed by atoms with Gasteiger partial charge in [-0.3, -0.25) is 4.79 Å². The highest BCUT2D eigenvalue weighted by atomic mass is 32.2. The number of ether oxygens (including phenoxy) is 4. The van der Waals surface area contributed by atoms with Crippen LogP contribution in [0.15, 0.2) is 47.4 Å². The number of esters is 1. The maximum absolute atomic E-state index is 12.8. The number of benzene rings is 2. The van der Waals surface area contributed by atoms with Gasteiger partial charge in [-0.05, 0) is 41.8 Å². The predicted octanol–water partition coefficient (Wildman–Crippen LogP) is 2.11. The minimum absolute atomic E-state index is 0.0203. The molecule has 1 saturated heterocycles. The number of fused-ring (bicyclic) bond motifs is 1. The Morgan fingerprint density at radius 1 is 1.00 bits per heavy atom. The second kappa shape index (κ2) is 9.03. The molecule has 0 aromatic heterocycles. The number of sulfonamides is 1. The van der Waals surface area contributed by atoms with E-state index in [1.807, 2.05) is 18.2 Å². The molecule has 0 bridgehead atoms. The van der Waals surface area contributed by atoms with Gasteiger partial charge in [0.05, 0.1) is 18.1 Å². The van der Waals surface area contributed by atoms with Crippen molar-refractivity contribution >= 4 is 16.0 Å². The van der Waals surface area contributed by atoms with Crippen LogP contribution in [-0.4, -0.2) is 51.8 Å². The largest absolute Gasteiger partial charge is 0.461 e. The highest BCUT2D eigenvalue weighted by Crippen LogP contribution is 2.32. The second-order valence-corrected chi connectivity index (χ2v) is 8.95. The van der Waals surface area contributed by atoms with Gasteiger partial charge in [-0.2, -0.15) is 4.31 Å². The Morgan fingerprint density at radius 2 is 1.80 bits per heavy atom. The molecule has 2 aromatic carbocycles. The summed E-state index contributed by atoms with van der Waals surface area (Å²) in [4.78, 5) is 12.3. The average Bonchev–Trinajstić information content (AvgIpc) is 3.25. The number of morpholine rings is 1. The van der Waals surface area contributed by atoms with Gasteiger partial charge in [0.1, 0.15) is 6.61 Å². The molecule has 1 fully saturated rings. The van der Waals surface area contributed by atoms with Crippen LogP contribution in [0.1, 0.15) is 17.5 Å². The summed E-state index contributed by atoms with van der Waals surface area (Å²) in [6, 6.07) is 12.1. The topological polar surface area (TPSA) is 91.4 Å². The molecule has 4 rings (SSSR count). The second-order valence-electron chi connectivity index (χ2n) is 7.01. The van der Waals surface area contributed by atoms with Crippen molar-refractivity contribution in [2.45, 2.75) is 24.3 Å². The van der Waals surface area contributed by atoms with Gasteiger partial charge in [0, 0.05) is 19.5 Å². The molecule has 2 aliphatic heterocycles. The van der Waals surface area contributed by atoms with Crippen LogP contribution >= 0.6 is 0 Å².